The van der Waals surface area contributed by atoms with Crippen molar-refractivity contribution in [1.29, 1.82) is 0 Å². The number of hydrogen-bond donors (Lipinski definition) is 1. The Morgan fingerprint density at radius 3 is 2.40 bits per heavy atom. The molecule has 0 spiro atoms. The summed E-state index contributed by atoms with van der Waals surface area (Å²) < 4.78 is 31.6. The topological polar surface area (TPSA) is 87.8 Å². The van der Waals surface area contributed by atoms with Gasteiger partial charge in [-0.2, -0.15) is 0 Å². The Kier molecular flexibility index (Phi) is 3.68. The molecule has 1 heterocycles. The zero-order valence-electron chi connectivity index (χ0n) is 12.0. The van der Waals surface area contributed by atoms with Crippen molar-refractivity contribution in [3.63, 3.8) is 0 Å². The normalized spacial score (nSPS) is 22.2. The summed E-state index contributed by atoms with van der Waals surface area (Å²) in [5, 5.41) is 9.20. The first-order valence-corrected chi connectivity index (χ1v) is 7.89. The van der Waals surface area contributed by atoms with E-state index in [0.717, 1.165) is 6.42 Å². The molecule has 0 bridgehead atoms. The van der Waals surface area contributed by atoms with Crippen molar-refractivity contribution in [1.82, 2.24) is 4.31 Å². The summed E-state index contributed by atoms with van der Waals surface area (Å²) in [6.45, 7) is 5.41. The molecule has 1 aromatic heterocycles. The maximum absolute atomic E-state index is 12.6. The van der Waals surface area contributed by atoms with E-state index in [1.807, 2.05) is 0 Å². The Bertz CT molecular complexity index is 646. The molecule has 2 atom stereocenters. The van der Waals surface area contributed by atoms with Crippen molar-refractivity contribution >= 4 is 16.0 Å². The first-order valence-electron chi connectivity index (χ1n) is 6.45. The summed E-state index contributed by atoms with van der Waals surface area (Å²) in [7, 11) is -2.36. The molecule has 0 aliphatic heterocycles. The van der Waals surface area contributed by atoms with Gasteiger partial charge in [-0.15, -0.1) is 0 Å². The van der Waals surface area contributed by atoms with Gasteiger partial charge in [-0.3, -0.25) is 0 Å². The lowest BCUT2D eigenvalue weighted by Crippen LogP contribution is -2.30. The molecule has 20 heavy (non-hydrogen) atoms. The molecule has 2 unspecified atom stereocenters. The minimum absolute atomic E-state index is 0.113. The lowest BCUT2D eigenvalue weighted by molar-refractivity contribution is 0.0691. The number of sulfonamides is 1. The van der Waals surface area contributed by atoms with E-state index in [1.165, 1.54) is 25.2 Å². The third-order valence-corrected chi connectivity index (χ3v) is 5.83. The molecule has 1 aromatic rings. The van der Waals surface area contributed by atoms with Gasteiger partial charge in [0, 0.05) is 13.6 Å². The van der Waals surface area contributed by atoms with E-state index in [4.69, 9.17) is 4.42 Å². The van der Waals surface area contributed by atoms with Crippen molar-refractivity contribution in [2.24, 2.45) is 11.8 Å². The average Bonchev–Trinajstić information content (AvgIpc) is 2.89. The van der Waals surface area contributed by atoms with Crippen LogP contribution < -0.4 is 0 Å². The van der Waals surface area contributed by atoms with E-state index < -0.39 is 16.0 Å². The van der Waals surface area contributed by atoms with Crippen LogP contribution in [0.25, 0.3) is 0 Å². The largest absolute Gasteiger partial charge is 0.478 e. The van der Waals surface area contributed by atoms with Crippen LogP contribution in [-0.4, -0.2) is 37.4 Å². The van der Waals surface area contributed by atoms with Gasteiger partial charge >= 0.3 is 5.97 Å². The SMILES string of the molecule is Cc1oc(C)c(S(=O)(=O)N(C)CC2CC2C)c1C(=O)O. The Balaban J connectivity index is 2.41. The number of nitrogens with zero attached hydrogens (tertiary/aromatic N) is 1. The van der Waals surface area contributed by atoms with Gasteiger partial charge in [0.1, 0.15) is 22.0 Å². The van der Waals surface area contributed by atoms with Crippen LogP contribution in [0.1, 0.15) is 35.2 Å². The second-order valence-corrected chi connectivity index (χ2v) is 7.46. The first kappa shape index (κ1) is 15.1. The third kappa shape index (κ3) is 2.47. The van der Waals surface area contributed by atoms with E-state index in [-0.39, 0.29) is 22.0 Å². The minimum atomic E-state index is -3.84. The molecule has 2 rings (SSSR count). The maximum atomic E-state index is 12.6. The number of carboxylic acids is 1. The summed E-state index contributed by atoms with van der Waals surface area (Å²) in [6.07, 6.45) is 1.01. The summed E-state index contributed by atoms with van der Waals surface area (Å²) in [5.74, 6) is -0.168. The average molecular weight is 301 g/mol. The molecule has 0 saturated heterocycles. The molecule has 0 radical (unpaired) electrons. The second kappa shape index (κ2) is 4.89. The standard InChI is InChI=1S/C13H19NO5S/c1-7-5-10(7)6-14(4)20(17,18)12-9(3)19-8(2)11(12)13(15)16/h7,10H,5-6H2,1-4H3,(H,15,16). The van der Waals surface area contributed by atoms with Gasteiger partial charge in [-0.05, 0) is 32.1 Å². The van der Waals surface area contributed by atoms with Gasteiger partial charge in [-0.25, -0.2) is 17.5 Å². The zero-order chi connectivity index (χ0) is 15.2. The van der Waals surface area contributed by atoms with E-state index in [2.05, 4.69) is 6.92 Å². The van der Waals surface area contributed by atoms with Crippen LogP contribution in [0.5, 0.6) is 0 Å². The van der Waals surface area contributed by atoms with Gasteiger partial charge in [0.25, 0.3) is 0 Å². The number of aryl methyl sites for hydroxylation is 2. The van der Waals surface area contributed by atoms with E-state index >= 15 is 0 Å². The van der Waals surface area contributed by atoms with Gasteiger partial charge in [0.15, 0.2) is 0 Å². The number of furan rings is 1. The highest BCUT2D eigenvalue weighted by Crippen LogP contribution is 2.39. The molecule has 1 saturated carbocycles. The maximum Gasteiger partial charge on any atom is 0.340 e. The van der Waals surface area contributed by atoms with Crippen molar-refractivity contribution in [2.45, 2.75) is 32.1 Å². The molecule has 0 amide bonds. The van der Waals surface area contributed by atoms with Gasteiger partial charge in [-0.1, -0.05) is 6.92 Å². The van der Waals surface area contributed by atoms with Crippen LogP contribution in [0.2, 0.25) is 0 Å². The van der Waals surface area contributed by atoms with Gasteiger partial charge in [0.05, 0.1) is 0 Å². The molecule has 1 N–H and O–H groups in total. The molecule has 0 aromatic carbocycles. The fourth-order valence-electron chi connectivity index (χ4n) is 2.46. The Morgan fingerprint density at radius 2 is 1.95 bits per heavy atom. The number of carbonyl (C=O) groups is 1. The fraction of sp³-hybridized carbons (Fsp3) is 0.615. The lowest BCUT2D eigenvalue weighted by Gasteiger charge is -2.17. The number of aromatic carboxylic acids is 1. The quantitative estimate of drug-likeness (QED) is 0.897. The van der Waals surface area contributed by atoms with Crippen LogP contribution in [-0.2, 0) is 10.0 Å². The molecular formula is C13H19NO5S. The molecular weight excluding hydrogens is 282 g/mol. The van der Waals surface area contributed by atoms with Gasteiger partial charge in [0.2, 0.25) is 10.0 Å². The van der Waals surface area contributed by atoms with Crippen molar-refractivity contribution in [3.05, 3.63) is 17.1 Å². The zero-order valence-corrected chi connectivity index (χ0v) is 12.8. The van der Waals surface area contributed by atoms with E-state index in [9.17, 15) is 18.3 Å². The first-order chi connectivity index (χ1) is 9.16. The molecule has 1 fully saturated rings. The molecule has 112 valence electrons. The predicted octanol–water partition coefficient (Wildman–Crippen LogP) is 1.87. The van der Waals surface area contributed by atoms with Crippen molar-refractivity contribution in [3.8, 4) is 0 Å². The summed E-state index contributed by atoms with van der Waals surface area (Å²) in [4.78, 5) is 11.0. The van der Waals surface area contributed by atoms with Crippen LogP contribution in [0.15, 0.2) is 9.31 Å². The highest BCUT2D eigenvalue weighted by Gasteiger charge is 2.39. The predicted molar refractivity (Wildman–Crippen MR) is 72.2 cm³/mol. The number of hydrogen-bond acceptors (Lipinski definition) is 4. The second-order valence-electron chi connectivity index (χ2n) is 5.48. The van der Waals surface area contributed by atoms with Crippen molar-refractivity contribution in [2.75, 3.05) is 13.6 Å². The molecule has 1 aliphatic rings. The fourth-order valence-corrected chi connectivity index (χ4v) is 4.05. The third-order valence-electron chi connectivity index (χ3n) is 3.85. The summed E-state index contributed by atoms with van der Waals surface area (Å²) in [5.41, 5.74) is -0.266. The van der Waals surface area contributed by atoms with Crippen molar-refractivity contribution < 1.29 is 22.7 Å². The Labute approximate surface area is 118 Å². The van der Waals surface area contributed by atoms with E-state index in [1.54, 1.807) is 0 Å². The monoisotopic (exact) mass is 301 g/mol. The number of rotatable bonds is 5. The van der Waals surface area contributed by atoms with Gasteiger partial charge < -0.3 is 9.52 Å². The Morgan fingerprint density at radius 1 is 1.40 bits per heavy atom. The highest BCUT2D eigenvalue weighted by atomic mass is 32.2. The summed E-state index contributed by atoms with van der Waals surface area (Å²) in [6, 6.07) is 0. The molecule has 7 heteroatoms. The van der Waals surface area contributed by atoms with Crippen LogP contribution in [0.3, 0.4) is 0 Å². The van der Waals surface area contributed by atoms with Crippen LogP contribution >= 0.6 is 0 Å². The summed E-state index contributed by atoms with van der Waals surface area (Å²) >= 11 is 0. The number of carboxylic acid groups (broad SMARTS) is 1. The molecule has 1 aliphatic carbocycles. The van der Waals surface area contributed by atoms with Crippen LogP contribution in [0, 0.1) is 25.7 Å². The van der Waals surface area contributed by atoms with E-state index in [0.29, 0.717) is 18.4 Å². The highest BCUT2D eigenvalue weighted by molar-refractivity contribution is 7.89. The molecule has 6 nitrogen and oxygen atoms in total. The minimum Gasteiger partial charge on any atom is -0.478 e. The lowest BCUT2D eigenvalue weighted by atomic mass is 10.2. The van der Waals surface area contributed by atoms with Crippen LogP contribution in [0.4, 0.5) is 0 Å². The Hall–Kier alpha value is -1.34. The smallest absolute Gasteiger partial charge is 0.340 e.